The van der Waals surface area contributed by atoms with Crippen LogP contribution >= 0.6 is 0 Å². The van der Waals surface area contributed by atoms with E-state index in [1.54, 1.807) is 13.2 Å². The van der Waals surface area contributed by atoms with Gasteiger partial charge in [-0.25, -0.2) is 0 Å². The molecule has 0 saturated carbocycles. The van der Waals surface area contributed by atoms with E-state index in [1.807, 2.05) is 24.3 Å². The molecule has 68 valence electrons. The molecule has 1 nitrogen and oxygen atoms in total. The highest BCUT2D eigenvalue weighted by atomic mass is 16.5. The molecule has 13 heavy (non-hydrogen) atoms. The van der Waals surface area contributed by atoms with Crippen molar-refractivity contribution in [3.05, 3.63) is 54.6 Å². The summed E-state index contributed by atoms with van der Waals surface area (Å²) in [6.07, 6.45) is 2.57. The Labute approximate surface area is 79.4 Å². The largest absolute Gasteiger partial charge is 0.496 e. The van der Waals surface area contributed by atoms with E-state index in [9.17, 15) is 0 Å². The Morgan fingerprint density at radius 3 is 2.77 bits per heavy atom. The van der Waals surface area contributed by atoms with E-state index in [4.69, 9.17) is 4.74 Å². The number of benzene rings is 1. The van der Waals surface area contributed by atoms with Crippen molar-refractivity contribution in [1.29, 1.82) is 0 Å². The van der Waals surface area contributed by atoms with Crippen molar-refractivity contribution in [1.82, 2.24) is 0 Å². The lowest BCUT2D eigenvalue weighted by Gasteiger charge is -2.07. The van der Waals surface area contributed by atoms with Crippen molar-refractivity contribution in [2.24, 2.45) is 0 Å². The summed E-state index contributed by atoms with van der Waals surface area (Å²) in [5.41, 5.74) is 2.15. The zero-order chi connectivity index (χ0) is 9.68. The Balaban J connectivity index is 2.86. The minimum Gasteiger partial charge on any atom is -0.496 e. The molecule has 0 atom stereocenters. The summed E-state index contributed by atoms with van der Waals surface area (Å²) in [5.74, 6) is 0.908. The fourth-order valence-electron chi connectivity index (χ4n) is 1.17. The lowest BCUT2D eigenvalue weighted by atomic mass is 10.1. The van der Waals surface area contributed by atoms with Gasteiger partial charge in [0.25, 0.3) is 0 Å². The van der Waals surface area contributed by atoms with Crippen LogP contribution in [0.15, 0.2) is 49.1 Å². The molecule has 0 bridgehead atoms. The van der Waals surface area contributed by atoms with E-state index >= 15 is 0 Å². The van der Waals surface area contributed by atoms with Crippen LogP contribution in [0, 0.1) is 0 Å². The van der Waals surface area contributed by atoms with E-state index in [0.717, 1.165) is 23.3 Å². The van der Waals surface area contributed by atoms with Gasteiger partial charge in [0.2, 0.25) is 0 Å². The topological polar surface area (TPSA) is 9.23 Å². The molecular weight excluding hydrogens is 160 g/mol. The number of ether oxygens (including phenoxy) is 1. The van der Waals surface area contributed by atoms with E-state index < -0.39 is 0 Å². The fourth-order valence-corrected chi connectivity index (χ4v) is 1.17. The number of methoxy groups -OCH3 is 1. The molecule has 0 aromatic heterocycles. The highest BCUT2D eigenvalue weighted by Crippen LogP contribution is 2.20. The quantitative estimate of drug-likeness (QED) is 0.638. The molecule has 1 aromatic rings. The van der Waals surface area contributed by atoms with Gasteiger partial charge in [-0.3, -0.25) is 0 Å². The lowest BCUT2D eigenvalue weighted by molar-refractivity contribution is 0.410. The van der Waals surface area contributed by atoms with E-state index in [-0.39, 0.29) is 0 Å². The summed E-state index contributed by atoms with van der Waals surface area (Å²) in [6, 6.07) is 7.94. The Hall–Kier alpha value is -1.50. The highest BCUT2D eigenvalue weighted by Gasteiger charge is 2.00. The van der Waals surface area contributed by atoms with Gasteiger partial charge in [0.1, 0.15) is 5.75 Å². The molecule has 0 amide bonds. The number of para-hydroxylation sites is 1. The smallest absolute Gasteiger partial charge is 0.122 e. The summed E-state index contributed by atoms with van der Waals surface area (Å²) in [7, 11) is 1.68. The van der Waals surface area contributed by atoms with E-state index in [2.05, 4.69) is 13.2 Å². The Morgan fingerprint density at radius 1 is 1.46 bits per heavy atom. The second-order valence-electron chi connectivity index (χ2n) is 2.85. The molecule has 0 unspecified atom stereocenters. The Morgan fingerprint density at radius 2 is 2.15 bits per heavy atom. The van der Waals surface area contributed by atoms with Gasteiger partial charge in [0, 0.05) is 6.42 Å². The van der Waals surface area contributed by atoms with E-state index in [1.165, 1.54) is 0 Å². The van der Waals surface area contributed by atoms with Crippen LogP contribution in [0.3, 0.4) is 0 Å². The maximum atomic E-state index is 5.22. The highest BCUT2D eigenvalue weighted by molar-refractivity contribution is 5.37. The molecule has 0 heterocycles. The number of allylic oxidation sites excluding steroid dienone is 2. The molecular formula is C12H14O. The molecule has 0 radical (unpaired) electrons. The first-order valence-electron chi connectivity index (χ1n) is 4.20. The van der Waals surface area contributed by atoms with Crippen LogP contribution in [0.4, 0.5) is 0 Å². The van der Waals surface area contributed by atoms with Crippen LogP contribution in [0.5, 0.6) is 5.75 Å². The molecule has 0 fully saturated rings. The van der Waals surface area contributed by atoms with Gasteiger partial charge in [0.05, 0.1) is 7.11 Å². The first kappa shape index (κ1) is 9.59. The summed E-state index contributed by atoms with van der Waals surface area (Å²) >= 11 is 0. The summed E-state index contributed by atoms with van der Waals surface area (Å²) in [6.45, 7) is 7.54. The monoisotopic (exact) mass is 174 g/mol. The molecule has 0 N–H and O–H groups in total. The molecule has 0 saturated heterocycles. The minimum absolute atomic E-state index is 0.799. The molecule has 0 aliphatic heterocycles. The Bertz CT molecular complexity index is 313. The zero-order valence-corrected chi connectivity index (χ0v) is 7.92. The molecule has 0 aliphatic rings. The van der Waals surface area contributed by atoms with Crippen LogP contribution in [-0.4, -0.2) is 7.11 Å². The van der Waals surface area contributed by atoms with Crippen LogP contribution in [0.1, 0.15) is 5.56 Å². The van der Waals surface area contributed by atoms with Gasteiger partial charge in [-0.1, -0.05) is 43.0 Å². The molecule has 1 aromatic carbocycles. The van der Waals surface area contributed by atoms with Crippen LogP contribution in [0.25, 0.3) is 0 Å². The SMILES string of the molecule is C=CC(=C)Cc1ccccc1OC. The van der Waals surface area contributed by atoms with E-state index in [0.29, 0.717) is 0 Å². The van der Waals surface area contributed by atoms with Crippen LogP contribution in [-0.2, 0) is 6.42 Å². The molecule has 1 heteroatoms. The minimum atomic E-state index is 0.799. The third-order valence-corrected chi connectivity index (χ3v) is 1.90. The number of rotatable bonds is 4. The first-order chi connectivity index (χ1) is 6.27. The van der Waals surface area contributed by atoms with Crippen LogP contribution in [0.2, 0.25) is 0 Å². The zero-order valence-electron chi connectivity index (χ0n) is 7.92. The lowest BCUT2D eigenvalue weighted by Crippen LogP contribution is -1.92. The number of hydrogen-bond acceptors (Lipinski definition) is 1. The van der Waals surface area contributed by atoms with Crippen molar-refractivity contribution in [2.45, 2.75) is 6.42 Å². The van der Waals surface area contributed by atoms with Crippen LogP contribution < -0.4 is 4.74 Å². The van der Waals surface area contributed by atoms with Gasteiger partial charge in [-0.15, -0.1) is 0 Å². The maximum absolute atomic E-state index is 5.22. The van der Waals surface area contributed by atoms with Crippen molar-refractivity contribution in [3.8, 4) is 5.75 Å². The van der Waals surface area contributed by atoms with Gasteiger partial charge < -0.3 is 4.74 Å². The fraction of sp³-hybridized carbons (Fsp3) is 0.167. The van der Waals surface area contributed by atoms with Crippen molar-refractivity contribution in [3.63, 3.8) is 0 Å². The Kier molecular flexibility index (Phi) is 3.32. The summed E-state index contributed by atoms with van der Waals surface area (Å²) in [4.78, 5) is 0. The molecule has 0 spiro atoms. The van der Waals surface area contributed by atoms with Crippen molar-refractivity contribution >= 4 is 0 Å². The number of hydrogen-bond donors (Lipinski definition) is 0. The van der Waals surface area contributed by atoms with Gasteiger partial charge in [-0.2, -0.15) is 0 Å². The predicted molar refractivity (Wildman–Crippen MR) is 56.0 cm³/mol. The van der Waals surface area contributed by atoms with Gasteiger partial charge >= 0.3 is 0 Å². The normalized spacial score (nSPS) is 9.31. The van der Waals surface area contributed by atoms with Gasteiger partial charge in [0.15, 0.2) is 0 Å². The van der Waals surface area contributed by atoms with Crippen molar-refractivity contribution in [2.75, 3.05) is 7.11 Å². The molecule has 1 rings (SSSR count). The first-order valence-corrected chi connectivity index (χ1v) is 4.20. The average Bonchev–Trinajstić information content (AvgIpc) is 2.18. The maximum Gasteiger partial charge on any atom is 0.122 e. The second kappa shape index (κ2) is 4.51. The third kappa shape index (κ3) is 2.48. The average molecular weight is 174 g/mol. The van der Waals surface area contributed by atoms with Crippen molar-refractivity contribution < 1.29 is 4.74 Å². The second-order valence-corrected chi connectivity index (χ2v) is 2.85. The molecule has 0 aliphatic carbocycles. The third-order valence-electron chi connectivity index (χ3n) is 1.90. The van der Waals surface area contributed by atoms with Gasteiger partial charge in [-0.05, 0) is 11.6 Å². The predicted octanol–water partition coefficient (Wildman–Crippen LogP) is 2.98. The summed E-state index contributed by atoms with van der Waals surface area (Å²) in [5, 5.41) is 0. The summed E-state index contributed by atoms with van der Waals surface area (Å²) < 4.78 is 5.22. The standard InChI is InChI=1S/C12H14O/c1-4-10(2)9-11-7-5-6-8-12(11)13-3/h4-8H,1-2,9H2,3H3.